The molecule has 0 aromatic carbocycles. The van der Waals surface area contributed by atoms with Gasteiger partial charge in [0.15, 0.2) is 11.6 Å². The zero-order valence-electron chi connectivity index (χ0n) is 13.7. The van der Waals surface area contributed by atoms with Gasteiger partial charge in [-0.05, 0) is 57.0 Å². The maximum Gasteiger partial charge on any atom is 0.155 e. The number of hydrogen-bond acceptors (Lipinski definition) is 6. The molecule has 4 heterocycles. The summed E-state index contributed by atoms with van der Waals surface area (Å²) in [5, 5.41) is 6.92. The van der Waals surface area contributed by atoms with Gasteiger partial charge in [0, 0.05) is 18.9 Å². The highest BCUT2D eigenvalue weighted by atomic mass is 16.3. The lowest BCUT2D eigenvalue weighted by atomic mass is 10.00. The molecule has 3 aromatic heterocycles. The fourth-order valence-electron chi connectivity index (χ4n) is 3.13. The van der Waals surface area contributed by atoms with E-state index in [1.54, 1.807) is 12.4 Å². The van der Waals surface area contributed by atoms with Crippen LogP contribution in [0.3, 0.4) is 0 Å². The van der Waals surface area contributed by atoms with Crippen LogP contribution in [0, 0.1) is 12.8 Å². The van der Waals surface area contributed by atoms with Crippen LogP contribution in [0.25, 0.3) is 22.5 Å². The SMILES string of the molecule is Cc1ccc(-c2cc3nccnc3c(NC[C@H]3CCCNC3)n2)o1. The second-order valence-electron chi connectivity index (χ2n) is 6.28. The zero-order valence-corrected chi connectivity index (χ0v) is 13.7. The number of rotatable bonds is 4. The Labute approximate surface area is 140 Å². The molecule has 0 radical (unpaired) electrons. The highest BCUT2D eigenvalue weighted by molar-refractivity contribution is 5.88. The third kappa shape index (κ3) is 3.10. The summed E-state index contributed by atoms with van der Waals surface area (Å²) < 4.78 is 5.72. The number of aryl methyl sites for hydroxylation is 1. The van der Waals surface area contributed by atoms with Gasteiger partial charge in [0.05, 0.1) is 5.52 Å². The van der Waals surface area contributed by atoms with Crippen molar-refractivity contribution >= 4 is 16.9 Å². The molecule has 0 aliphatic carbocycles. The maximum absolute atomic E-state index is 5.72. The fourth-order valence-corrected chi connectivity index (χ4v) is 3.13. The second kappa shape index (κ2) is 6.57. The predicted molar refractivity (Wildman–Crippen MR) is 93.9 cm³/mol. The molecule has 6 nitrogen and oxygen atoms in total. The van der Waals surface area contributed by atoms with E-state index in [-0.39, 0.29) is 0 Å². The summed E-state index contributed by atoms with van der Waals surface area (Å²) in [6.07, 6.45) is 5.87. The lowest BCUT2D eigenvalue weighted by Gasteiger charge is -2.23. The van der Waals surface area contributed by atoms with E-state index in [4.69, 9.17) is 9.40 Å². The minimum atomic E-state index is 0.613. The Morgan fingerprint density at radius 3 is 3.00 bits per heavy atom. The topological polar surface area (TPSA) is 75.9 Å². The van der Waals surface area contributed by atoms with Gasteiger partial charge in [-0.25, -0.2) is 9.97 Å². The molecule has 0 bridgehead atoms. The largest absolute Gasteiger partial charge is 0.460 e. The molecule has 0 saturated carbocycles. The molecule has 1 aliphatic heterocycles. The van der Waals surface area contributed by atoms with Crippen LogP contribution in [-0.4, -0.2) is 34.6 Å². The van der Waals surface area contributed by atoms with E-state index >= 15 is 0 Å². The number of anilines is 1. The van der Waals surface area contributed by atoms with Crippen LogP contribution in [0.15, 0.2) is 35.0 Å². The Balaban J connectivity index is 1.66. The van der Waals surface area contributed by atoms with E-state index in [9.17, 15) is 0 Å². The maximum atomic E-state index is 5.72. The fraction of sp³-hybridized carbons (Fsp3) is 0.389. The van der Waals surface area contributed by atoms with Crippen molar-refractivity contribution < 1.29 is 4.42 Å². The molecule has 24 heavy (non-hydrogen) atoms. The second-order valence-corrected chi connectivity index (χ2v) is 6.28. The molecule has 6 heteroatoms. The number of nitrogens with zero attached hydrogens (tertiary/aromatic N) is 3. The van der Waals surface area contributed by atoms with Gasteiger partial charge < -0.3 is 15.1 Å². The molecule has 1 aliphatic rings. The number of fused-ring (bicyclic) bond motifs is 1. The number of hydrogen-bond donors (Lipinski definition) is 2. The van der Waals surface area contributed by atoms with Crippen molar-refractivity contribution in [2.75, 3.05) is 25.0 Å². The molecule has 0 spiro atoms. The average Bonchev–Trinajstić information content (AvgIpc) is 3.07. The standard InChI is InChI=1S/C18H21N5O/c1-12-4-5-16(24-12)14-9-15-17(21-8-7-20-15)18(23-14)22-11-13-3-2-6-19-10-13/h4-5,7-9,13,19H,2-3,6,10-11H2,1H3,(H,22,23)/t13-/m0/s1. The monoisotopic (exact) mass is 323 g/mol. The average molecular weight is 323 g/mol. The zero-order chi connectivity index (χ0) is 16.4. The van der Waals surface area contributed by atoms with E-state index in [0.29, 0.717) is 5.92 Å². The number of nitrogens with one attached hydrogen (secondary N) is 2. The van der Waals surface area contributed by atoms with Crippen molar-refractivity contribution in [3.8, 4) is 11.5 Å². The normalized spacial score (nSPS) is 18.0. The van der Waals surface area contributed by atoms with Gasteiger partial charge >= 0.3 is 0 Å². The van der Waals surface area contributed by atoms with Gasteiger partial charge in [0.2, 0.25) is 0 Å². The summed E-state index contributed by atoms with van der Waals surface area (Å²) >= 11 is 0. The van der Waals surface area contributed by atoms with Gasteiger partial charge in [0.1, 0.15) is 17.0 Å². The summed E-state index contributed by atoms with van der Waals surface area (Å²) in [5.41, 5.74) is 2.40. The first-order valence-corrected chi connectivity index (χ1v) is 8.43. The smallest absolute Gasteiger partial charge is 0.155 e. The van der Waals surface area contributed by atoms with Crippen LogP contribution in [0.4, 0.5) is 5.82 Å². The third-order valence-electron chi connectivity index (χ3n) is 4.41. The number of aromatic nitrogens is 3. The Morgan fingerprint density at radius 2 is 2.21 bits per heavy atom. The number of pyridine rings is 1. The molecular weight excluding hydrogens is 302 g/mol. The van der Waals surface area contributed by atoms with Crippen LogP contribution in [0.2, 0.25) is 0 Å². The molecule has 4 rings (SSSR count). The van der Waals surface area contributed by atoms with Gasteiger partial charge in [-0.2, -0.15) is 0 Å². The molecule has 3 aromatic rings. The van der Waals surface area contributed by atoms with Crippen LogP contribution in [-0.2, 0) is 0 Å². The van der Waals surface area contributed by atoms with E-state index in [2.05, 4.69) is 20.6 Å². The van der Waals surface area contributed by atoms with Gasteiger partial charge in [-0.15, -0.1) is 0 Å². The minimum Gasteiger partial charge on any atom is -0.460 e. The van der Waals surface area contributed by atoms with Gasteiger partial charge in [-0.3, -0.25) is 4.98 Å². The highest BCUT2D eigenvalue weighted by Gasteiger charge is 2.15. The molecule has 0 amide bonds. The molecular formula is C18H21N5O. The minimum absolute atomic E-state index is 0.613. The van der Waals surface area contributed by atoms with E-state index in [1.165, 1.54) is 12.8 Å². The lowest BCUT2D eigenvalue weighted by molar-refractivity contribution is 0.392. The van der Waals surface area contributed by atoms with Crippen LogP contribution < -0.4 is 10.6 Å². The predicted octanol–water partition coefficient (Wildman–Crippen LogP) is 3.00. The summed E-state index contributed by atoms with van der Waals surface area (Å²) in [5.74, 6) is 3.01. The highest BCUT2D eigenvalue weighted by Crippen LogP contribution is 2.27. The first kappa shape index (κ1) is 15.1. The van der Waals surface area contributed by atoms with Crippen molar-refractivity contribution in [1.29, 1.82) is 0 Å². The van der Waals surface area contributed by atoms with Gasteiger partial charge in [-0.1, -0.05) is 0 Å². The van der Waals surface area contributed by atoms with Gasteiger partial charge in [0.25, 0.3) is 0 Å². The van der Waals surface area contributed by atoms with Crippen molar-refractivity contribution in [2.45, 2.75) is 19.8 Å². The van der Waals surface area contributed by atoms with Crippen LogP contribution >= 0.6 is 0 Å². The Bertz CT molecular complexity index is 838. The van der Waals surface area contributed by atoms with E-state index in [1.807, 2.05) is 25.1 Å². The van der Waals surface area contributed by atoms with Crippen molar-refractivity contribution in [3.63, 3.8) is 0 Å². The van der Waals surface area contributed by atoms with Crippen molar-refractivity contribution in [3.05, 3.63) is 36.4 Å². The molecule has 1 fully saturated rings. The van der Waals surface area contributed by atoms with Crippen molar-refractivity contribution in [2.24, 2.45) is 5.92 Å². The third-order valence-corrected chi connectivity index (χ3v) is 4.41. The summed E-state index contributed by atoms with van der Waals surface area (Å²) in [4.78, 5) is 13.6. The molecule has 2 N–H and O–H groups in total. The summed E-state index contributed by atoms with van der Waals surface area (Å²) in [6.45, 7) is 4.98. The molecule has 1 saturated heterocycles. The van der Waals surface area contributed by atoms with Crippen molar-refractivity contribution in [1.82, 2.24) is 20.3 Å². The summed E-state index contributed by atoms with van der Waals surface area (Å²) in [7, 11) is 0. The van der Waals surface area contributed by atoms with Crippen LogP contribution in [0.5, 0.6) is 0 Å². The number of piperidine rings is 1. The van der Waals surface area contributed by atoms with E-state index in [0.717, 1.165) is 53.7 Å². The first-order valence-electron chi connectivity index (χ1n) is 8.43. The summed E-state index contributed by atoms with van der Waals surface area (Å²) in [6, 6.07) is 5.81. The lowest BCUT2D eigenvalue weighted by Crippen LogP contribution is -2.33. The van der Waals surface area contributed by atoms with Crippen LogP contribution in [0.1, 0.15) is 18.6 Å². The molecule has 1 atom stereocenters. The number of furan rings is 1. The quantitative estimate of drug-likeness (QED) is 0.769. The first-order chi connectivity index (χ1) is 11.8. The Kier molecular flexibility index (Phi) is 4.13. The molecule has 0 unspecified atom stereocenters. The Morgan fingerprint density at radius 1 is 1.29 bits per heavy atom. The van der Waals surface area contributed by atoms with E-state index < -0.39 is 0 Å². The Hall–Kier alpha value is -2.47. The molecule has 124 valence electrons.